The van der Waals surface area contributed by atoms with Gasteiger partial charge in [-0.2, -0.15) is 0 Å². The van der Waals surface area contributed by atoms with E-state index in [1.807, 2.05) is 0 Å². The summed E-state index contributed by atoms with van der Waals surface area (Å²) in [5, 5.41) is 0. The zero-order valence-electron chi connectivity index (χ0n) is 8.15. The van der Waals surface area contributed by atoms with E-state index in [0.29, 0.717) is 5.52 Å². The van der Waals surface area contributed by atoms with Crippen LogP contribution in [0.5, 0.6) is 0 Å². The van der Waals surface area contributed by atoms with E-state index >= 15 is 0 Å². The summed E-state index contributed by atoms with van der Waals surface area (Å²) in [5.74, 6) is -0.696. The topological polar surface area (TPSA) is 84.9 Å². The largest absolute Gasteiger partial charge is 0.465 e. The molecule has 0 atom stereocenters. The molecule has 1 N–H and O–H groups in total. The van der Waals surface area contributed by atoms with Crippen LogP contribution in [-0.4, -0.2) is 28.0 Å². The molecule has 2 aromatic rings. The number of nitrogens with one attached hydrogen (secondary N) is 1. The highest BCUT2D eigenvalue weighted by Crippen LogP contribution is 2.08. The first kappa shape index (κ1) is 10.7. The Morgan fingerprint density at radius 3 is 3.00 bits per heavy atom. The third-order valence-corrected chi connectivity index (χ3v) is 2.38. The molecule has 0 saturated carbocycles. The third kappa shape index (κ3) is 1.69. The monoisotopic (exact) mass is 283 g/mol. The van der Waals surface area contributed by atoms with Crippen LogP contribution in [0.4, 0.5) is 0 Å². The zero-order chi connectivity index (χ0) is 11.7. The van der Waals surface area contributed by atoms with Crippen LogP contribution in [0.15, 0.2) is 21.9 Å². The van der Waals surface area contributed by atoms with Crippen molar-refractivity contribution in [3.63, 3.8) is 0 Å². The number of esters is 1. The summed E-state index contributed by atoms with van der Waals surface area (Å²) < 4.78 is 4.77. The van der Waals surface area contributed by atoms with Gasteiger partial charge in [0.2, 0.25) is 5.43 Å². The molecule has 2 rings (SSSR count). The number of H-pyrrole nitrogens is 1. The molecule has 6 nitrogen and oxygen atoms in total. The molecule has 0 unspecified atom stereocenters. The predicted octanol–water partition coefficient (Wildman–Crippen LogP) is 0.867. The maximum Gasteiger partial charge on any atom is 0.343 e. The molecule has 0 aliphatic rings. The van der Waals surface area contributed by atoms with Gasteiger partial charge in [0, 0.05) is 6.20 Å². The normalized spacial score (nSPS) is 10.4. The van der Waals surface area contributed by atoms with E-state index in [2.05, 4.69) is 35.6 Å². The van der Waals surface area contributed by atoms with Gasteiger partial charge >= 0.3 is 5.97 Å². The molecule has 0 amide bonds. The maximum atomic E-state index is 11.8. The smallest absolute Gasteiger partial charge is 0.343 e. The number of pyridine rings is 1. The average Bonchev–Trinajstić information content (AvgIpc) is 2.29. The first-order valence-corrected chi connectivity index (χ1v) is 5.05. The summed E-state index contributed by atoms with van der Waals surface area (Å²) in [6, 6.07) is 0. The molecule has 2 heterocycles. The molecule has 0 radical (unpaired) electrons. The van der Waals surface area contributed by atoms with Gasteiger partial charge in [-0.05, 0) is 15.9 Å². The van der Waals surface area contributed by atoms with Crippen molar-refractivity contribution in [2.75, 3.05) is 7.11 Å². The van der Waals surface area contributed by atoms with Crippen LogP contribution in [0, 0.1) is 0 Å². The second kappa shape index (κ2) is 4.01. The van der Waals surface area contributed by atoms with Gasteiger partial charge in [0.15, 0.2) is 4.73 Å². The Morgan fingerprint density at radius 1 is 1.56 bits per heavy atom. The lowest BCUT2D eigenvalue weighted by Gasteiger charge is -2.00. The van der Waals surface area contributed by atoms with Crippen molar-refractivity contribution in [2.24, 2.45) is 0 Å². The number of ether oxygens (including phenoxy) is 1. The van der Waals surface area contributed by atoms with Gasteiger partial charge in [0.1, 0.15) is 11.1 Å². The minimum Gasteiger partial charge on any atom is -0.465 e. The highest BCUT2D eigenvalue weighted by atomic mass is 79.9. The summed E-state index contributed by atoms with van der Waals surface area (Å²) in [6.45, 7) is 0. The Labute approximate surface area is 97.8 Å². The number of nitrogens with zero attached hydrogens (tertiary/aromatic N) is 2. The molecule has 0 aliphatic carbocycles. The van der Waals surface area contributed by atoms with Crippen molar-refractivity contribution >= 4 is 32.9 Å². The van der Waals surface area contributed by atoms with Crippen LogP contribution in [0.3, 0.4) is 0 Å². The van der Waals surface area contributed by atoms with Crippen molar-refractivity contribution in [3.8, 4) is 0 Å². The zero-order valence-corrected chi connectivity index (χ0v) is 9.74. The van der Waals surface area contributed by atoms with Crippen LogP contribution in [0.2, 0.25) is 0 Å². The van der Waals surface area contributed by atoms with E-state index in [4.69, 9.17) is 0 Å². The molecule has 16 heavy (non-hydrogen) atoms. The van der Waals surface area contributed by atoms with E-state index in [9.17, 15) is 9.59 Å². The lowest BCUT2D eigenvalue weighted by atomic mass is 10.2. The second-order valence-corrected chi connectivity index (χ2v) is 3.63. The Kier molecular flexibility index (Phi) is 2.69. The first-order chi connectivity index (χ1) is 7.63. The molecule has 82 valence electrons. The Bertz CT molecular complexity index is 623. The number of hydrogen-bond acceptors (Lipinski definition) is 5. The van der Waals surface area contributed by atoms with Gasteiger partial charge in [0.05, 0.1) is 18.8 Å². The average molecular weight is 284 g/mol. The Balaban J connectivity index is 2.78. The third-order valence-electron chi connectivity index (χ3n) is 2.00. The molecule has 0 aromatic carbocycles. The van der Waals surface area contributed by atoms with Gasteiger partial charge in [-0.25, -0.2) is 14.8 Å². The number of aromatic nitrogens is 3. The van der Waals surface area contributed by atoms with Crippen molar-refractivity contribution in [1.29, 1.82) is 0 Å². The standard InChI is InChI=1S/C9H6BrN3O3/c1-16-8(15)4-2-11-5-3-12-9(10)13-6(5)7(4)14/h2-3H,1H3,(H,11,14). The predicted molar refractivity (Wildman–Crippen MR) is 59.2 cm³/mol. The van der Waals surface area contributed by atoms with Crippen molar-refractivity contribution in [1.82, 2.24) is 15.0 Å². The molecule has 0 aliphatic heterocycles. The van der Waals surface area contributed by atoms with Crippen LogP contribution < -0.4 is 5.43 Å². The number of methoxy groups -OCH3 is 1. The van der Waals surface area contributed by atoms with Crippen LogP contribution >= 0.6 is 15.9 Å². The molecule has 0 fully saturated rings. The molecular formula is C9H6BrN3O3. The summed E-state index contributed by atoms with van der Waals surface area (Å²) in [5.41, 5.74) is 0.0370. The number of hydrogen-bond donors (Lipinski definition) is 1. The summed E-state index contributed by atoms with van der Waals surface area (Å²) in [6.07, 6.45) is 2.74. The molecule has 0 spiro atoms. The van der Waals surface area contributed by atoms with Gasteiger partial charge in [-0.3, -0.25) is 4.79 Å². The molecule has 0 bridgehead atoms. The molecule has 0 saturated heterocycles. The number of carbonyl (C=O) groups is 1. The molecular weight excluding hydrogens is 278 g/mol. The van der Waals surface area contributed by atoms with Crippen molar-refractivity contribution in [3.05, 3.63) is 32.9 Å². The fourth-order valence-electron chi connectivity index (χ4n) is 1.24. The Morgan fingerprint density at radius 2 is 2.31 bits per heavy atom. The SMILES string of the molecule is COC(=O)c1c[nH]c2cnc(Br)nc2c1=O. The summed E-state index contributed by atoms with van der Waals surface area (Å²) >= 11 is 3.05. The highest BCUT2D eigenvalue weighted by Gasteiger charge is 2.14. The van der Waals surface area contributed by atoms with Gasteiger partial charge in [-0.1, -0.05) is 0 Å². The van der Waals surface area contributed by atoms with Crippen LogP contribution in [-0.2, 0) is 4.74 Å². The van der Waals surface area contributed by atoms with E-state index in [1.165, 1.54) is 19.5 Å². The minimum atomic E-state index is -0.696. The number of halogens is 1. The van der Waals surface area contributed by atoms with E-state index < -0.39 is 11.4 Å². The summed E-state index contributed by atoms with van der Waals surface area (Å²) in [7, 11) is 1.21. The van der Waals surface area contributed by atoms with Gasteiger partial charge in [0.25, 0.3) is 0 Å². The van der Waals surface area contributed by atoms with E-state index in [1.54, 1.807) is 0 Å². The molecule has 2 aromatic heterocycles. The highest BCUT2D eigenvalue weighted by molar-refractivity contribution is 9.10. The van der Waals surface area contributed by atoms with E-state index in [0.717, 1.165) is 0 Å². The molecule has 7 heteroatoms. The summed E-state index contributed by atoms with van der Waals surface area (Å²) in [4.78, 5) is 33.6. The lowest BCUT2D eigenvalue weighted by Crippen LogP contribution is -2.18. The van der Waals surface area contributed by atoms with Crippen molar-refractivity contribution in [2.45, 2.75) is 0 Å². The van der Waals surface area contributed by atoms with Crippen LogP contribution in [0.1, 0.15) is 10.4 Å². The fraction of sp³-hybridized carbons (Fsp3) is 0.111. The number of carbonyl (C=O) groups excluding carboxylic acids is 1. The second-order valence-electron chi connectivity index (χ2n) is 2.92. The first-order valence-electron chi connectivity index (χ1n) is 4.25. The van der Waals surface area contributed by atoms with Gasteiger partial charge in [-0.15, -0.1) is 0 Å². The minimum absolute atomic E-state index is 0.0828. The number of fused-ring (bicyclic) bond motifs is 1. The quantitative estimate of drug-likeness (QED) is 0.620. The van der Waals surface area contributed by atoms with Crippen LogP contribution in [0.25, 0.3) is 11.0 Å². The number of aromatic amines is 1. The van der Waals surface area contributed by atoms with E-state index in [-0.39, 0.29) is 15.8 Å². The van der Waals surface area contributed by atoms with Crippen molar-refractivity contribution < 1.29 is 9.53 Å². The lowest BCUT2D eigenvalue weighted by molar-refractivity contribution is 0.0599. The maximum absolute atomic E-state index is 11.8. The Hall–Kier alpha value is -1.76. The fourth-order valence-corrected chi connectivity index (χ4v) is 1.52. The number of rotatable bonds is 1. The van der Waals surface area contributed by atoms with Gasteiger partial charge < -0.3 is 9.72 Å².